The summed E-state index contributed by atoms with van der Waals surface area (Å²) in [5, 5.41) is 3.02. The molecule has 26 heavy (non-hydrogen) atoms. The van der Waals surface area contributed by atoms with Crippen LogP contribution in [0.3, 0.4) is 0 Å². The van der Waals surface area contributed by atoms with Gasteiger partial charge in [-0.2, -0.15) is 0 Å². The van der Waals surface area contributed by atoms with E-state index in [1.807, 2.05) is 18.2 Å². The van der Waals surface area contributed by atoms with Crippen LogP contribution in [0.5, 0.6) is 11.5 Å². The van der Waals surface area contributed by atoms with Gasteiger partial charge in [-0.25, -0.2) is 5.43 Å². The van der Waals surface area contributed by atoms with Gasteiger partial charge in [0.05, 0.1) is 26.2 Å². The van der Waals surface area contributed by atoms with Gasteiger partial charge in [0.15, 0.2) is 0 Å². The zero-order valence-electron chi connectivity index (χ0n) is 15.3. The van der Waals surface area contributed by atoms with Gasteiger partial charge in [-0.1, -0.05) is 29.8 Å². The van der Waals surface area contributed by atoms with Crippen molar-refractivity contribution in [2.24, 2.45) is 5.92 Å². The second-order valence-electron chi connectivity index (χ2n) is 6.42. The third kappa shape index (κ3) is 3.98. The Morgan fingerprint density at radius 3 is 2.62 bits per heavy atom. The molecule has 1 aliphatic heterocycles. The van der Waals surface area contributed by atoms with Crippen molar-refractivity contribution in [1.82, 2.24) is 16.2 Å². The maximum absolute atomic E-state index is 12.7. The lowest BCUT2D eigenvalue weighted by atomic mass is 9.93. The minimum atomic E-state index is -0.179. The number of nitrogens with one attached hydrogen (secondary N) is 3. The molecule has 1 aliphatic rings. The van der Waals surface area contributed by atoms with Crippen molar-refractivity contribution >= 4 is 5.91 Å². The minimum Gasteiger partial charge on any atom is -0.497 e. The van der Waals surface area contributed by atoms with Crippen LogP contribution < -0.4 is 25.6 Å². The summed E-state index contributed by atoms with van der Waals surface area (Å²) in [6.45, 7) is 3.05. The number of carbonyl (C=O) groups is 1. The van der Waals surface area contributed by atoms with Crippen LogP contribution in [0.4, 0.5) is 0 Å². The van der Waals surface area contributed by atoms with Gasteiger partial charge in [-0.05, 0) is 24.6 Å². The molecule has 0 spiro atoms. The molecule has 2 aromatic carbocycles. The maximum atomic E-state index is 12.7. The first-order valence-electron chi connectivity index (χ1n) is 8.66. The number of benzene rings is 2. The Balaban J connectivity index is 1.67. The van der Waals surface area contributed by atoms with E-state index < -0.39 is 0 Å². The Bertz CT molecular complexity index is 761. The smallest absolute Gasteiger partial charge is 0.226 e. The number of hydrogen-bond donors (Lipinski definition) is 3. The van der Waals surface area contributed by atoms with Crippen LogP contribution in [0, 0.1) is 12.8 Å². The van der Waals surface area contributed by atoms with E-state index in [1.54, 1.807) is 14.2 Å². The Kier molecular flexibility index (Phi) is 5.75. The van der Waals surface area contributed by atoms with Crippen LogP contribution in [0.1, 0.15) is 22.7 Å². The summed E-state index contributed by atoms with van der Waals surface area (Å²) in [6.07, 6.45) is 0. The number of amides is 1. The van der Waals surface area contributed by atoms with Crippen LogP contribution in [0.15, 0.2) is 42.5 Å². The van der Waals surface area contributed by atoms with Crippen LogP contribution in [-0.4, -0.2) is 26.7 Å². The van der Waals surface area contributed by atoms with E-state index in [9.17, 15) is 4.79 Å². The second kappa shape index (κ2) is 8.21. The van der Waals surface area contributed by atoms with E-state index >= 15 is 0 Å². The van der Waals surface area contributed by atoms with Gasteiger partial charge in [-0.15, -0.1) is 0 Å². The van der Waals surface area contributed by atoms with Gasteiger partial charge < -0.3 is 14.8 Å². The monoisotopic (exact) mass is 355 g/mol. The molecule has 1 saturated heterocycles. The molecule has 6 nitrogen and oxygen atoms in total. The fourth-order valence-electron chi connectivity index (χ4n) is 3.14. The first-order valence-corrected chi connectivity index (χ1v) is 8.66. The Morgan fingerprint density at radius 1 is 1.15 bits per heavy atom. The van der Waals surface area contributed by atoms with Crippen LogP contribution >= 0.6 is 0 Å². The van der Waals surface area contributed by atoms with Crippen LogP contribution in [0.25, 0.3) is 0 Å². The molecule has 6 heteroatoms. The molecule has 1 fully saturated rings. The second-order valence-corrected chi connectivity index (χ2v) is 6.42. The highest BCUT2D eigenvalue weighted by Crippen LogP contribution is 2.27. The summed E-state index contributed by atoms with van der Waals surface area (Å²) in [5.41, 5.74) is 9.52. The van der Waals surface area contributed by atoms with Gasteiger partial charge in [-0.3, -0.25) is 10.2 Å². The summed E-state index contributed by atoms with van der Waals surface area (Å²) in [5.74, 6) is 1.25. The first-order chi connectivity index (χ1) is 12.6. The number of rotatable bonds is 6. The Hall–Kier alpha value is -2.57. The molecule has 1 amide bonds. The lowest BCUT2D eigenvalue weighted by molar-refractivity contribution is -0.125. The molecule has 2 atom stereocenters. The summed E-state index contributed by atoms with van der Waals surface area (Å²) < 4.78 is 10.6. The molecule has 1 heterocycles. The molecule has 138 valence electrons. The number of ether oxygens (including phenoxy) is 2. The van der Waals surface area contributed by atoms with Crippen molar-refractivity contribution < 1.29 is 14.3 Å². The largest absolute Gasteiger partial charge is 0.497 e. The Morgan fingerprint density at radius 2 is 1.92 bits per heavy atom. The number of hydrazine groups is 1. The van der Waals surface area contributed by atoms with Gasteiger partial charge in [0, 0.05) is 24.7 Å². The number of carbonyl (C=O) groups excluding carboxylic acids is 1. The van der Waals surface area contributed by atoms with Crippen LogP contribution in [-0.2, 0) is 11.3 Å². The summed E-state index contributed by atoms with van der Waals surface area (Å²) in [7, 11) is 3.22. The predicted molar refractivity (Wildman–Crippen MR) is 99.9 cm³/mol. The summed E-state index contributed by atoms with van der Waals surface area (Å²) in [6, 6.07) is 13.8. The predicted octanol–water partition coefficient (Wildman–Crippen LogP) is 2.09. The molecule has 0 saturated carbocycles. The zero-order chi connectivity index (χ0) is 18.5. The molecule has 2 aromatic rings. The quantitative estimate of drug-likeness (QED) is 0.740. The van der Waals surface area contributed by atoms with E-state index in [0.29, 0.717) is 18.8 Å². The van der Waals surface area contributed by atoms with E-state index in [1.165, 1.54) is 5.56 Å². The van der Waals surface area contributed by atoms with Crippen molar-refractivity contribution in [1.29, 1.82) is 0 Å². The van der Waals surface area contributed by atoms with Gasteiger partial charge in [0.25, 0.3) is 0 Å². The minimum absolute atomic E-state index is 0.00551. The third-order valence-corrected chi connectivity index (χ3v) is 4.70. The van der Waals surface area contributed by atoms with E-state index in [2.05, 4.69) is 47.4 Å². The molecular formula is C20H25N3O3. The highest BCUT2D eigenvalue weighted by atomic mass is 16.5. The standard InChI is InChI=1S/C20H25N3O3/c1-13-4-6-14(7-5-13)19-17(12-22-23-19)20(24)21-11-15-8-9-16(25-2)10-18(15)26-3/h4-10,17,19,22-23H,11-12H2,1-3H3,(H,21,24). The Labute approximate surface area is 153 Å². The summed E-state index contributed by atoms with van der Waals surface area (Å²) in [4.78, 5) is 12.7. The lowest BCUT2D eigenvalue weighted by Gasteiger charge is -2.19. The highest BCUT2D eigenvalue weighted by molar-refractivity contribution is 5.80. The van der Waals surface area contributed by atoms with Gasteiger partial charge in [0.1, 0.15) is 11.5 Å². The normalized spacial score (nSPS) is 19.2. The third-order valence-electron chi connectivity index (χ3n) is 4.70. The first kappa shape index (κ1) is 18.2. The number of methoxy groups -OCH3 is 2. The highest BCUT2D eigenvalue weighted by Gasteiger charge is 2.33. The molecule has 2 unspecified atom stereocenters. The van der Waals surface area contributed by atoms with Crippen molar-refractivity contribution in [3.8, 4) is 11.5 Å². The van der Waals surface area contributed by atoms with E-state index in [-0.39, 0.29) is 17.9 Å². The molecule has 3 N–H and O–H groups in total. The average Bonchev–Trinajstić information content (AvgIpc) is 3.16. The van der Waals surface area contributed by atoms with Gasteiger partial charge >= 0.3 is 0 Å². The topological polar surface area (TPSA) is 71.6 Å². The van der Waals surface area contributed by atoms with Crippen molar-refractivity contribution in [3.63, 3.8) is 0 Å². The maximum Gasteiger partial charge on any atom is 0.226 e. The molecule has 0 aromatic heterocycles. The molecule has 0 bridgehead atoms. The van der Waals surface area contributed by atoms with Crippen molar-refractivity contribution in [2.45, 2.75) is 19.5 Å². The fourth-order valence-corrected chi connectivity index (χ4v) is 3.14. The number of hydrogen-bond acceptors (Lipinski definition) is 5. The zero-order valence-corrected chi connectivity index (χ0v) is 15.3. The van der Waals surface area contributed by atoms with Crippen molar-refractivity contribution in [2.75, 3.05) is 20.8 Å². The molecule has 0 radical (unpaired) electrons. The summed E-state index contributed by atoms with van der Waals surface area (Å²) >= 11 is 0. The molecular weight excluding hydrogens is 330 g/mol. The average molecular weight is 355 g/mol. The fraction of sp³-hybridized carbons (Fsp3) is 0.350. The molecule has 0 aliphatic carbocycles. The molecule has 3 rings (SSSR count). The van der Waals surface area contributed by atoms with E-state index in [0.717, 1.165) is 16.9 Å². The van der Waals surface area contributed by atoms with Crippen LogP contribution in [0.2, 0.25) is 0 Å². The van der Waals surface area contributed by atoms with Gasteiger partial charge in [0.2, 0.25) is 5.91 Å². The van der Waals surface area contributed by atoms with Crippen molar-refractivity contribution in [3.05, 3.63) is 59.2 Å². The lowest BCUT2D eigenvalue weighted by Crippen LogP contribution is -2.34. The number of aryl methyl sites for hydroxylation is 1. The SMILES string of the molecule is COc1ccc(CNC(=O)C2CNNC2c2ccc(C)cc2)c(OC)c1. The van der Waals surface area contributed by atoms with E-state index in [4.69, 9.17) is 9.47 Å².